The van der Waals surface area contributed by atoms with Gasteiger partial charge in [0.2, 0.25) is 0 Å². The summed E-state index contributed by atoms with van der Waals surface area (Å²) in [4.78, 5) is 2.32. The van der Waals surface area contributed by atoms with Crippen LogP contribution in [0.1, 0.15) is 0 Å². The van der Waals surface area contributed by atoms with Crippen LogP contribution in [0.25, 0.3) is 32.7 Å². The molecule has 0 amide bonds. The third-order valence-corrected chi connectivity index (χ3v) is 5.49. The molecule has 0 atom stereocenters. The number of hydrogen-bond donors (Lipinski definition) is 1. The molecule has 0 aliphatic carbocycles. The van der Waals surface area contributed by atoms with Crippen molar-refractivity contribution >= 4 is 27.2 Å². The molecule has 1 N–H and O–H groups in total. The van der Waals surface area contributed by atoms with Crippen LogP contribution in [0.3, 0.4) is 0 Å². The van der Waals surface area contributed by atoms with E-state index in [2.05, 4.69) is 23.1 Å². The first-order valence-electron chi connectivity index (χ1n) is 9.48. The highest BCUT2D eigenvalue weighted by Crippen LogP contribution is 2.44. The standard InChI is InChI=1S/C24H20FNO2/c25-17-7-5-16(6-8-17)23-20-10-9-18(26-11-13-28-14-12-26)15-22(20)19-3-1-2-4-21(19)24(23)27/h1-10,15,27H,11-14H2. The maximum absolute atomic E-state index is 13.5. The lowest BCUT2D eigenvalue weighted by Crippen LogP contribution is -2.36. The van der Waals surface area contributed by atoms with Gasteiger partial charge in [-0.3, -0.25) is 0 Å². The van der Waals surface area contributed by atoms with Gasteiger partial charge in [-0.25, -0.2) is 4.39 Å². The monoisotopic (exact) mass is 373 g/mol. The van der Waals surface area contributed by atoms with Crippen molar-refractivity contribution in [2.24, 2.45) is 0 Å². The molecule has 1 aliphatic rings. The summed E-state index contributed by atoms with van der Waals surface area (Å²) >= 11 is 0. The number of halogens is 1. The Bertz CT molecular complexity index is 1160. The molecule has 0 spiro atoms. The van der Waals surface area contributed by atoms with E-state index in [1.54, 1.807) is 12.1 Å². The fourth-order valence-corrected chi connectivity index (χ4v) is 4.09. The molecule has 0 radical (unpaired) electrons. The molecule has 5 rings (SSSR count). The Hall–Kier alpha value is -3.11. The summed E-state index contributed by atoms with van der Waals surface area (Å²) in [6.45, 7) is 3.20. The van der Waals surface area contributed by atoms with Crippen LogP contribution in [0.15, 0.2) is 66.7 Å². The molecule has 1 fully saturated rings. The number of hydrogen-bond acceptors (Lipinski definition) is 3. The number of rotatable bonds is 2. The van der Waals surface area contributed by atoms with Crippen LogP contribution >= 0.6 is 0 Å². The molecule has 4 aromatic carbocycles. The second-order valence-corrected chi connectivity index (χ2v) is 7.11. The van der Waals surface area contributed by atoms with E-state index in [0.29, 0.717) is 0 Å². The van der Waals surface area contributed by atoms with Gasteiger partial charge in [0.25, 0.3) is 0 Å². The highest BCUT2D eigenvalue weighted by molar-refractivity contribution is 6.18. The van der Waals surface area contributed by atoms with Gasteiger partial charge in [-0.1, -0.05) is 42.5 Å². The summed E-state index contributed by atoms with van der Waals surface area (Å²) in [5.74, 6) is -0.0585. The van der Waals surface area contributed by atoms with E-state index >= 15 is 0 Å². The Kier molecular flexibility index (Phi) is 4.14. The van der Waals surface area contributed by atoms with E-state index in [0.717, 1.165) is 64.7 Å². The topological polar surface area (TPSA) is 32.7 Å². The van der Waals surface area contributed by atoms with Crippen molar-refractivity contribution < 1.29 is 14.2 Å². The van der Waals surface area contributed by atoms with Gasteiger partial charge in [-0.05, 0) is 46.0 Å². The van der Waals surface area contributed by atoms with E-state index < -0.39 is 0 Å². The predicted molar refractivity (Wildman–Crippen MR) is 112 cm³/mol. The number of phenolic OH excluding ortho intramolecular Hbond substituents is 1. The van der Waals surface area contributed by atoms with Crippen molar-refractivity contribution in [2.75, 3.05) is 31.2 Å². The zero-order chi connectivity index (χ0) is 19.1. The van der Waals surface area contributed by atoms with Gasteiger partial charge in [0, 0.05) is 29.7 Å². The number of ether oxygens (including phenoxy) is 1. The van der Waals surface area contributed by atoms with Crippen LogP contribution in [0, 0.1) is 5.82 Å². The Balaban J connectivity index is 1.81. The Morgan fingerprint density at radius 1 is 0.786 bits per heavy atom. The molecule has 28 heavy (non-hydrogen) atoms. The lowest BCUT2D eigenvalue weighted by atomic mass is 9.91. The van der Waals surface area contributed by atoms with Crippen molar-refractivity contribution in [1.82, 2.24) is 0 Å². The van der Waals surface area contributed by atoms with Crippen LogP contribution in [0.5, 0.6) is 5.75 Å². The number of fused-ring (bicyclic) bond motifs is 3. The lowest BCUT2D eigenvalue weighted by molar-refractivity contribution is 0.122. The molecule has 1 aliphatic heterocycles. The highest BCUT2D eigenvalue weighted by Gasteiger charge is 2.18. The maximum atomic E-state index is 13.5. The molecule has 140 valence electrons. The van der Waals surface area contributed by atoms with E-state index in [4.69, 9.17) is 4.74 Å². The summed E-state index contributed by atoms with van der Waals surface area (Å²) < 4.78 is 18.9. The van der Waals surface area contributed by atoms with Gasteiger partial charge in [0.15, 0.2) is 0 Å². The molecular weight excluding hydrogens is 353 g/mol. The maximum Gasteiger partial charge on any atom is 0.131 e. The molecule has 0 bridgehead atoms. The first-order valence-corrected chi connectivity index (χ1v) is 9.48. The average Bonchev–Trinajstić information content (AvgIpc) is 2.76. The van der Waals surface area contributed by atoms with Crippen LogP contribution in [0.2, 0.25) is 0 Å². The normalized spacial score (nSPS) is 14.7. The minimum atomic E-state index is -0.289. The van der Waals surface area contributed by atoms with E-state index in [1.807, 2.05) is 24.3 Å². The van der Waals surface area contributed by atoms with Crippen molar-refractivity contribution in [2.45, 2.75) is 0 Å². The summed E-state index contributed by atoms with van der Waals surface area (Å²) in [5.41, 5.74) is 2.69. The van der Waals surface area contributed by atoms with E-state index in [-0.39, 0.29) is 11.6 Å². The number of aromatic hydroxyl groups is 1. The number of phenols is 1. The Morgan fingerprint density at radius 3 is 2.25 bits per heavy atom. The van der Waals surface area contributed by atoms with Crippen molar-refractivity contribution in [3.05, 3.63) is 72.5 Å². The van der Waals surface area contributed by atoms with E-state index in [1.165, 1.54) is 12.1 Å². The van der Waals surface area contributed by atoms with Gasteiger partial charge in [0.1, 0.15) is 11.6 Å². The van der Waals surface area contributed by atoms with Gasteiger partial charge < -0.3 is 14.7 Å². The molecular formula is C24H20FNO2. The van der Waals surface area contributed by atoms with Crippen molar-refractivity contribution in [3.63, 3.8) is 0 Å². The molecule has 4 heteroatoms. The van der Waals surface area contributed by atoms with Crippen LogP contribution in [0.4, 0.5) is 10.1 Å². The van der Waals surface area contributed by atoms with Gasteiger partial charge in [0.05, 0.1) is 13.2 Å². The Morgan fingerprint density at radius 2 is 1.50 bits per heavy atom. The average molecular weight is 373 g/mol. The molecule has 1 heterocycles. The first kappa shape index (κ1) is 17.0. The second-order valence-electron chi connectivity index (χ2n) is 7.11. The molecule has 0 unspecified atom stereocenters. The summed E-state index contributed by atoms with van der Waals surface area (Å²) in [6.07, 6.45) is 0. The molecule has 3 nitrogen and oxygen atoms in total. The SMILES string of the molecule is Oc1c(-c2ccc(F)cc2)c2ccc(N3CCOCC3)cc2c2ccccc12. The summed E-state index contributed by atoms with van der Waals surface area (Å²) in [5, 5.41) is 14.9. The largest absolute Gasteiger partial charge is 0.507 e. The van der Waals surface area contributed by atoms with Crippen LogP contribution in [-0.4, -0.2) is 31.4 Å². The van der Waals surface area contributed by atoms with Crippen LogP contribution < -0.4 is 4.90 Å². The predicted octanol–water partition coefficient (Wildman–Crippen LogP) is 5.34. The molecule has 0 aromatic heterocycles. The van der Waals surface area contributed by atoms with Gasteiger partial charge in [-0.2, -0.15) is 0 Å². The zero-order valence-corrected chi connectivity index (χ0v) is 15.4. The fraction of sp³-hybridized carbons (Fsp3) is 0.167. The Labute approximate surface area is 162 Å². The first-order chi connectivity index (χ1) is 13.7. The van der Waals surface area contributed by atoms with Gasteiger partial charge in [-0.15, -0.1) is 0 Å². The minimum Gasteiger partial charge on any atom is -0.507 e. The lowest BCUT2D eigenvalue weighted by Gasteiger charge is -2.29. The third kappa shape index (κ3) is 2.77. The second kappa shape index (κ2) is 6.80. The number of morpholine rings is 1. The highest BCUT2D eigenvalue weighted by atomic mass is 19.1. The van der Waals surface area contributed by atoms with Crippen molar-refractivity contribution in [1.29, 1.82) is 0 Å². The molecule has 4 aromatic rings. The zero-order valence-electron chi connectivity index (χ0n) is 15.4. The van der Waals surface area contributed by atoms with Crippen molar-refractivity contribution in [3.8, 4) is 16.9 Å². The summed E-state index contributed by atoms with van der Waals surface area (Å²) in [7, 11) is 0. The minimum absolute atomic E-state index is 0.230. The van der Waals surface area contributed by atoms with Gasteiger partial charge >= 0.3 is 0 Å². The smallest absolute Gasteiger partial charge is 0.131 e. The molecule has 1 saturated heterocycles. The number of anilines is 1. The third-order valence-electron chi connectivity index (χ3n) is 5.49. The number of nitrogens with zero attached hydrogens (tertiary/aromatic N) is 1. The summed E-state index contributed by atoms with van der Waals surface area (Å²) in [6, 6.07) is 20.5. The quantitative estimate of drug-likeness (QED) is 0.481. The fourth-order valence-electron chi connectivity index (χ4n) is 4.09. The number of benzene rings is 4. The van der Waals surface area contributed by atoms with Crippen LogP contribution in [-0.2, 0) is 4.74 Å². The molecule has 0 saturated carbocycles. The van der Waals surface area contributed by atoms with E-state index in [9.17, 15) is 9.50 Å².